The number of hydrogen-bond acceptors (Lipinski definition) is 15. The standard InChI is InChI=1S/C59H114O17P2/c1-8-10-11-12-13-14-15-16-26-33-40-56(61)69-46-54(76-59(64)43-36-29-22-19-25-32-39-52(7)9-2)48-73-77(65,66)71-44-53(60)45-72-78(67,68)74-49-55(75-58(63)42-35-28-21-18-24-31-38-51(5)6)47-70-57(62)41-34-27-20-17-23-30-37-50(3)4/h50-55,60H,8-49H2,1-7H3,(H,65,66)(H,67,68)/t52?,53-,54-,55-/m1/s1. The van der Waals surface area contributed by atoms with E-state index < -0.39 is 97.5 Å². The normalized spacial score (nSPS) is 14.9. The Morgan fingerprint density at radius 3 is 0.974 bits per heavy atom. The molecule has 0 rings (SSSR count). The minimum atomic E-state index is -4.94. The summed E-state index contributed by atoms with van der Waals surface area (Å²) >= 11 is 0. The van der Waals surface area contributed by atoms with Crippen LogP contribution in [0.3, 0.4) is 0 Å². The van der Waals surface area contributed by atoms with Crippen molar-refractivity contribution in [2.45, 2.75) is 298 Å². The van der Waals surface area contributed by atoms with E-state index in [1.54, 1.807) is 0 Å². The summed E-state index contributed by atoms with van der Waals surface area (Å²) in [5.74, 6) is -0.0823. The summed E-state index contributed by atoms with van der Waals surface area (Å²) in [4.78, 5) is 71.9. The average molecular weight is 1160 g/mol. The van der Waals surface area contributed by atoms with Gasteiger partial charge in [-0.3, -0.25) is 37.3 Å². The van der Waals surface area contributed by atoms with Gasteiger partial charge in [0.25, 0.3) is 0 Å². The summed E-state index contributed by atoms with van der Waals surface area (Å²) in [6.45, 7) is 11.5. The Bertz CT molecular complexity index is 1560. The number of aliphatic hydroxyl groups excluding tert-OH is 1. The highest BCUT2D eigenvalue weighted by molar-refractivity contribution is 7.47. The van der Waals surface area contributed by atoms with Gasteiger partial charge in [-0.2, -0.15) is 0 Å². The molecule has 0 amide bonds. The van der Waals surface area contributed by atoms with E-state index in [0.717, 1.165) is 102 Å². The predicted molar refractivity (Wildman–Crippen MR) is 308 cm³/mol. The van der Waals surface area contributed by atoms with Gasteiger partial charge in [-0.15, -0.1) is 0 Å². The quantitative estimate of drug-likeness (QED) is 0.0222. The maximum absolute atomic E-state index is 12.9. The molecule has 3 unspecified atom stereocenters. The number of aliphatic hydroxyl groups is 1. The molecule has 3 N–H and O–H groups in total. The zero-order valence-electron chi connectivity index (χ0n) is 50.1. The molecule has 462 valence electrons. The van der Waals surface area contributed by atoms with Gasteiger partial charge in [0, 0.05) is 25.7 Å². The van der Waals surface area contributed by atoms with Gasteiger partial charge in [-0.25, -0.2) is 9.13 Å². The molecule has 0 bridgehead atoms. The van der Waals surface area contributed by atoms with Gasteiger partial charge in [-0.1, -0.05) is 228 Å². The van der Waals surface area contributed by atoms with Crippen LogP contribution in [-0.2, 0) is 65.4 Å². The van der Waals surface area contributed by atoms with Gasteiger partial charge in [0.1, 0.15) is 19.3 Å². The predicted octanol–water partition coefficient (Wildman–Crippen LogP) is 15.6. The minimum Gasteiger partial charge on any atom is -0.462 e. The fourth-order valence-electron chi connectivity index (χ4n) is 8.56. The Morgan fingerprint density at radius 2 is 0.654 bits per heavy atom. The van der Waals surface area contributed by atoms with E-state index in [2.05, 4.69) is 48.5 Å². The summed E-state index contributed by atoms with van der Waals surface area (Å²) < 4.78 is 67.7. The summed E-state index contributed by atoms with van der Waals surface area (Å²) in [7, 11) is -9.88. The molecule has 0 fully saturated rings. The molecule has 17 nitrogen and oxygen atoms in total. The first-order valence-electron chi connectivity index (χ1n) is 30.9. The summed E-state index contributed by atoms with van der Waals surface area (Å²) in [6, 6.07) is 0. The molecule has 6 atom stereocenters. The molecule has 0 aliphatic rings. The molecule has 0 aromatic rings. The smallest absolute Gasteiger partial charge is 0.462 e. The number of ether oxygens (including phenoxy) is 4. The third-order valence-electron chi connectivity index (χ3n) is 13.7. The Kier molecular flexibility index (Phi) is 49.5. The van der Waals surface area contributed by atoms with Crippen LogP contribution in [0.2, 0.25) is 0 Å². The van der Waals surface area contributed by atoms with Crippen molar-refractivity contribution in [3.63, 3.8) is 0 Å². The van der Waals surface area contributed by atoms with E-state index in [1.165, 1.54) is 83.5 Å². The first-order valence-corrected chi connectivity index (χ1v) is 33.9. The fraction of sp³-hybridized carbons (Fsp3) is 0.932. The zero-order chi connectivity index (χ0) is 58.1. The van der Waals surface area contributed by atoms with Crippen molar-refractivity contribution in [1.29, 1.82) is 0 Å². The molecule has 0 aromatic carbocycles. The number of hydrogen-bond donors (Lipinski definition) is 3. The Labute approximate surface area is 473 Å². The van der Waals surface area contributed by atoms with Crippen molar-refractivity contribution >= 4 is 39.5 Å². The molecule has 78 heavy (non-hydrogen) atoms. The van der Waals surface area contributed by atoms with E-state index in [0.29, 0.717) is 37.5 Å². The first-order chi connectivity index (χ1) is 37.3. The minimum absolute atomic E-state index is 0.100. The number of phosphoric acid groups is 2. The molecule has 0 saturated carbocycles. The molecule has 0 heterocycles. The van der Waals surface area contributed by atoms with Crippen LogP contribution in [0, 0.1) is 17.8 Å². The van der Waals surface area contributed by atoms with Crippen LogP contribution in [0.25, 0.3) is 0 Å². The monoisotopic (exact) mass is 1160 g/mol. The third-order valence-corrected chi connectivity index (χ3v) is 15.6. The van der Waals surface area contributed by atoms with Gasteiger partial charge < -0.3 is 33.8 Å². The van der Waals surface area contributed by atoms with Crippen LogP contribution >= 0.6 is 15.6 Å². The molecular formula is C59H114O17P2. The molecular weight excluding hydrogens is 1040 g/mol. The van der Waals surface area contributed by atoms with Crippen LogP contribution < -0.4 is 0 Å². The molecule has 0 aliphatic heterocycles. The Morgan fingerprint density at radius 1 is 0.372 bits per heavy atom. The fourth-order valence-corrected chi connectivity index (χ4v) is 10.1. The zero-order valence-corrected chi connectivity index (χ0v) is 51.9. The van der Waals surface area contributed by atoms with Gasteiger partial charge in [0.2, 0.25) is 0 Å². The van der Waals surface area contributed by atoms with Crippen molar-refractivity contribution in [2.75, 3.05) is 39.6 Å². The summed E-state index contributed by atoms with van der Waals surface area (Å²) in [6.07, 6.45) is 29.7. The molecule has 0 saturated heterocycles. The second kappa shape index (κ2) is 50.8. The highest BCUT2D eigenvalue weighted by Gasteiger charge is 2.30. The van der Waals surface area contributed by atoms with Gasteiger partial charge in [0.15, 0.2) is 12.2 Å². The second-order valence-electron chi connectivity index (χ2n) is 22.6. The maximum Gasteiger partial charge on any atom is 0.472 e. The SMILES string of the molecule is CCCCCCCCCCCCC(=O)OC[C@H](COP(=O)(O)OC[C@@H](O)COP(=O)(O)OC[C@@H](COC(=O)CCCCCCCCC(C)C)OC(=O)CCCCCCCCC(C)C)OC(=O)CCCCCCCCC(C)CC. The van der Waals surface area contributed by atoms with Crippen molar-refractivity contribution in [3.05, 3.63) is 0 Å². The van der Waals surface area contributed by atoms with E-state index in [-0.39, 0.29) is 25.7 Å². The lowest BCUT2D eigenvalue weighted by Gasteiger charge is -2.21. The van der Waals surface area contributed by atoms with Crippen LogP contribution in [-0.4, -0.2) is 96.7 Å². The van der Waals surface area contributed by atoms with E-state index in [1.807, 2.05) is 0 Å². The number of phosphoric ester groups is 2. The largest absolute Gasteiger partial charge is 0.472 e. The van der Waals surface area contributed by atoms with E-state index in [9.17, 15) is 43.2 Å². The van der Waals surface area contributed by atoms with Gasteiger partial charge in [-0.05, 0) is 43.4 Å². The van der Waals surface area contributed by atoms with E-state index >= 15 is 0 Å². The molecule has 0 aliphatic carbocycles. The third kappa shape index (κ3) is 52.2. The highest BCUT2D eigenvalue weighted by atomic mass is 31.2. The Hall–Kier alpha value is -1.94. The number of esters is 4. The molecule has 19 heteroatoms. The lowest BCUT2D eigenvalue weighted by atomic mass is 10.00. The lowest BCUT2D eigenvalue weighted by molar-refractivity contribution is -0.161. The van der Waals surface area contributed by atoms with Crippen LogP contribution in [0.15, 0.2) is 0 Å². The van der Waals surface area contributed by atoms with E-state index in [4.69, 9.17) is 37.0 Å². The van der Waals surface area contributed by atoms with Gasteiger partial charge >= 0.3 is 39.5 Å². The lowest BCUT2D eigenvalue weighted by Crippen LogP contribution is -2.30. The summed E-state index contributed by atoms with van der Waals surface area (Å²) in [5.41, 5.74) is 0. The van der Waals surface area contributed by atoms with Crippen molar-refractivity contribution in [3.8, 4) is 0 Å². The molecule has 0 radical (unpaired) electrons. The van der Waals surface area contributed by atoms with Crippen molar-refractivity contribution in [2.24, 2.45) is 17.8 Å². The number of unbranched alkanes of at least 4 members (excludes halogenated alkanes) is 24. The van der Waals surface area contributed by atoms with Crippen molar-refractivity contribution < 1.29 is 80.2 Å². The van der Waals surface area contributed by atoms with Crippen LogP contribution in [0.5, 0.6) is 0 Å². The van der Waals surface area contributed by atoms with Crippen molar-refractivity contribution in [1.82, 2.24) is 0 Å². The van der Waals surface area contributed by atoms with Crippen LogP contribution in [0.4, 0.5) is 0 Å². The number of carbonyl (C=O) groups excluding carboxylic acids is 4. The topological polar surface area (TPSA) is 237 Å². The number of rotatable bonds is 57. The number of carbonyl (C=O) groups is 4. The second-order valence-corrected chi connectivity index (χ2v) is 25.5. The van der Waals surface area contributed by atoms with Crippen LogP contribution in [0.1, 0.15) is 280 Å². The Balaban J connectivity index is 5.24. The average Bonchev–Trinajstić information content (AvgIpc) is 3.39. The first kappa shape index (κ1) is 76.1. The molecule has 0 aromatic heterocycles. The maximum atomic E-state index is 12.9. The van der Waals surface area contributed by atoms with Gasteiger partial charge in [0.05, 0.1) is 26.4 Å². The highest BCUT2D eigenvalue weighted by Crippen LogP contribution is 2.45. The summed E-state index contributed by atoms with van der Waals surface area (Å²) in [5, 5.41) is 10.5. The molecule has 0 spiro atoms.